The highest BCUT2D eigenvalue weighted by Crippen LogP contribution is 2.34. The third kappa shape index (κ3) is 13.0. The third-order valence-electron chi connectivity index (χ3n) is 4.84. The molecule has 0 aromatic heterocycles. The Morgan fingerprint density at radius 3 is 2.13 bits per heavy atom. The van der Waals surface area contributed by atoms with Gasteiger partial charge in [-0.05, 0) is 31.6 Å². The highest BCUT2D eigenvalue weighted by atomic mass is 16.6. The lowest BCUT2D eigenvalue weighted by Crippen LogP contribution is -2.36. The molecule has 0 aliphatic heterocycles. The average molecular weight is 434 g/mol. The van der Waals surface area contributed by atoms with E-state index < -0.39 is 23.5 Å². The van der Waals surface area contributed by atoms with Crippen LogP contribution in [0.25, 0.3) is 0 Å². The maximum atomic E-state index is 12.7. The summed E-state index contributed by atoms with van der Waals surface area (Å²) in [5.41, 5.74) is -0.678. The van der Waals surface area contributed by atoms with Crippen LogP contribution in [-0.4, -0.2) is 56.2 Å². The van der Waals surface area contributed by atoms with Gasteiger partial charge in [0, 0.05) is 5.41 Å². The molecule has 3 atom stereocenters. The van der Waals surface area contributed by atoms with Crippen molar-refractivity contribution in [3.63, 3.8) is 0 Å². The molecule has 170 valence electrons. The smallest absolute Gasteiger partial charge is 0.312 e. The maximum Gasteiger partial charge on any atom is 0.312 e. The van der Waals surface area contributed by atoms with Crippen molar-refractivity contribution in [2.45, 2.75) is 65.5 Å². The Morgan fingerprint density at radius 1 is 0.871 bits per heavy atom. The van der Waals surface area contributed by atoms with Crippen LogP contribution in [0.4, 0.5) is 0 Å². The molecule has 0 bridgehead atoms. The number of rotatable bonds is 17. The summed E-state index contributed by atoms with van der Waals surface area (Å²) in [7, 11) is 0. The number of esters is 1. The average Bonchev–Trinajstić information content (AvgIpc) is 2.72. The van der Waals surface area contributed by atoms with Crippen molar-refractivity contribution in [3.8, 4) is 0 Å². The second kappa shape index (κ2) is 16.8. The quantitative estimate of drug-likeness (QED) is 0.149. The number of isocyanates is 4. The highest BCUT2D eigenvalue weighted by Gasteiger charge is 2.35. The van der Waals surface area contributed by atoms with Crippen LogP contribution in [0, 0.1) is 17.3 Å². The Morgan fingerprint density at radius 2 is 1.52 bits per heavy atom. The summed E-state index contributed by atoms with van der Waals surface area (Å²) in [4.78, 5) is 68.6. The van der Waals surface area contributed by atoms with Crippen molar-refractivity contribution >= 4 is 30.3 Å². The topological polar surface area (TPSA) is 144 Å². The van der Waals surface area contributed by atoms with Crippen LogP contribution in [0.1, 0.15) is 59.3 Å². The van der Waals surface area contributed by atoms with Gasteiger partial charge < -0.3 is 4.74 Å². The van der Waals surface area contributed by atoms with Gasteiger partial charge in [-0.15, -0.1) is 0 Å². The molecule has 3 unspecified atom stereocenters. The molecule has 0 heterocycles. The Balaban J connectivity index is 5.08. The number of carbonyl (C=O) groups excluding carboxylic acids is 5. The Kier molecular flexibility index (Phi) is 15.1. The number of hydrogen-bond donors (Lipinski definition) is 0. The molecule has 0 saturated carbocycles. The zero-order valence-corrected chi connectivity index (χ0v) is 18.3. The van der Waals surface area contributed by atoms with E-state index in [9.17, 15) is 24.0 Å². The first-order valence-corrected chi connectivity index (χ1v) is 10.2. The van der Waals surface area contributed by atoms with Crippen molar-refractivity contribution in [3.05, 3.63) is 0 Å². The minimum Gasteiger partial charge on any atom is -0.438 e. The number of nitrogens with zero attached hydrogens (tertiary/aromatic N) is 4. The molecule has 10 nitrogen and oxygen atoms in total. The van der Waals surface area contributed by atoms with E-state index in [2.05, 4.69) is 20.0 Å². The lowest BCUT2D eigenvalue weighted by molar-refractivity contribution is -0.160. The summed E-state index contributed by atoms with van der Waals surface area (Å²) in [6.45, 7) is 6.22. The SMILES string of the molecule is CC(CCN=C=O)CC(C)(C)C(N=C=O)OC(=O)C(CCCCCN=C=O)CN=C=O. The van der Waals surface area contributed by atoms with E-state index in [-0.39, 0.29) is 12.5 Å². The van der Waals surface area contributed by atoms with Gasteiger partial charge in [0.15, 0.2) is 0 Å². The number of unbranched alkanes of at least 4 members (excludes halogenated alkanes) is 2. The molecule has 0 aromatic carbocycles. The largest absolute Gasteiger partial charge is 0.438 e. The minimum atomic E-state index is -1.06. The highest BCUT2D eigenvalue weighted by molar-refractivity contribution is 5.73. The first-order valence-electron chi connectivity index (χ1n) is 10.2. The summed E-state index contributed by atoms with van der Waals surface area (Å²) in [6, 6.07) is 0. The molecule has 0 saturated heterocycles. The van der Waals surface area contributed by atoms with Crippen molar-refractivity contribution in [2.24, 2.45) is 37.2 Å². The fourth-order valence-electron chi connectivity index (χ4n) is 3.28. The van der Waals surface area contributed by atoms with Gasteiger partial charge in [0.25, 0.3) is 0 Å². The van der Waals surface area contributed by atoms with Gasteiger partial charge >= 0.3 is 5.97 Å². The minimum absolute atomic E-state index is 0.0765. The van der Waals surface area contributed by atoms with E-state index >= 15 is 0 Å². The van der Waals surface area contributed by atoms with Gasteiger partial charge in [0.2, 0.25) is 30.5 Å². The van der Waals surface area contributed by atoms with Crippen molar-refractivity contribution in [1.82, 2.24) is 0 Å². The molecule has 0 aliphatic rings. The molecule has 10 heteroatoms. The summed E-state index contributed by atoms with van der Waals surface area (Å²) in [6.07, 6.45) is 8.41. The second-order valence-electron chi connectivity index (χ2n) is 8.02. The van der Waals surface area contributed by atoms with Gasteiger partial charge in [-0.1, -0.05) is 33.6 Å². The van der Waals surface area contributed by atoms with Crippen LogP contribution in [0.3, 0.4) is 0 Å². The second-order valence-corrected chi connectivity index (χ2v) is 8.02. The molecule has 0 rings (SSSR count). The summed E-state index contributed by atoms with van der Waals surface area (Å²) in [5.74, 6) is -1.17. The van der Waals surface area contributed by atoms with E-state index in [1.165, 1.54) is 24.3 Å². The third-order valence-corrected chi connectivity index (χ3v) is 4.84. The zero-order chi connectivity index (χ0) is 23.5. The van der Waals surface area contributed by atoms with E-state index in [4.69, 9.17) is 4.74 Å². The van der Waals surface area contributed by atoms with Gasteiger partial charge in [0.05, 0.1) is 25.6 Å². The summed E-state index contributed by atoms with van der Waals surface area (Å²) < 4.78 is 5.52. The Labute approximate surface area is 182 Å². The molecule has 0 spiro atoms. The predicted molar refractivity (Wildman–Crippen MR) is 111 cm³/mol. The van der Waals surface area contributed by atoms with Crippen LogP contribution < -0.4 is 0 Å². The molecule has 0 N–H and O–H groups in total. The van der Waals surface area contributed by atoms with E-state index in [0.29, 0.717) is 45.2 Å². The van der Waals surface area contributed by atoms with E-state index in [1.807, 2.05) is 20.8 Å². The molecule has 0 fully saturated rings. The fourth-order valence-corrected chi connectivity index (χ4v) is 3.28. The van der Waals surface area contributed by atoms with E-state index in [1.54, 1.807) is 0 Å². The van der Waals surface area contributed by atoms with Crippen molar-refractivity contribution in [2.75, 3.05) is 19.6 Å². The number of carbonyl (C=O) groups is 1. The molecule has 0 aromatic rings. The Bertz CT molecular complexity index is 743. The van der Waals surface area contributed by atoms with Gasteiger partial charge in [-0.3, -0.25) is 4.79 Å². The first kappa shape index (κ1) is 28.0. The molecule has 0 aliphatic carbocycles. The monoisotopic (exact) mass is 434 g/mol. The van der Waals surface area contributed by atoms with Gasteiger partial charge in [-0.2, -0.15) is 4.99 Å². The lowest BCUT2D eigenvalue weighted by Gasteiger charge is -2.33. The van der Waals surface area contributed by atoms with E-state index in [0.717, 1.165) is 6.42 Å². The van der Waals surface area contributed by atoms with Gasteiger partial charge in [-0.25, -0.2) is 34.2 Å². The summed E-state index contributed by atoms with van der Waals surface area (Å²) >= 11 is 0. The molecular weight excluding hydrogens is 404 g/mol. The summed E-state index contributed by atoms with van der Waals surface area (Å²) in [5, 5.41) is 0. The van der Waals surface area contributed by atoms with Crippen LogP contribution in [-0.2, 0) is 28.7 Å². The molecular formula is C21H30N4O6. The van der Waals surface area contributed by atoms with Crippen LogP contribution >= 0.6 is 0 Å². The number of aliphatic imine (C=N–C) groups is 4. The fraction of sp³-hybridized carbons (Fsp3) is 0.762. The number of hydrogen-bond acceptors (Lipinski definition) is 10. The van der Waals surface area contributed by atoms with Crippen LogP contribution in [0.15, 0.2) is 20.0 Å². The molecule has 0 radical (unpaired) electrons. The first-order chi connectivity index (χ1) is 14.8. The molecule has 31 heavy (non-hydrogen) atoms. The predicted octanol–water partition coefficient (Wildman–Crippen LogP) is 2.82. The van der Waals surface area contributed by atoms with Gasteiger partial charge in [0.1, 0.15) is 0 Å². The number of ether oxygens (including phenoxy) is 1. The van der Waals surface area contributed by atoms with Crippen molar-refractivity contribution < 1.29 is 28.7 Å². The molecule has 0 amide bonds. The lowest BCUT2D eigenvalue weighted by atomic mass is 9.80. The zero-order valence-electron chi connectivity index (χ0n) is 18.3. The Hall–Kier alpha value is -3.01. The normalized spacial score (nSPS) is 13.3. The van der Waals surface area contributed by atoms with Crippen molar-refractivity contribution in [1.29, 1.82) is 0 Å². The standard InChI is InChI=1S/C21H30N4O6/c1-17(8-10-23-14-27)11-21(2,3)20(25-16-29)31-19(30)18(12-24-15-28)7-5-4-6-9-22-13-26/h17-18,20H,4-12H2,1-3H3. The van der Waals surface area contributed by atoms with Crippen LogP contribution in [0.2, 0.25) is 0 Å². The van der Waals surface area contributed by atoms with Crippen LogP contribution in [0.5, 0.6) is 0 Å². The maximum absolute atomic E-state index is 12.7.